The van der Waals surface area contributed by atoms with Gasteiger partial charge in [-0.3, -0.25) is 9.59 Å². The number of rotatable bonds is 5. The number of hydrogen-bond acceptors (Lipinski definition) is 4. The Morgan fingerprint density at radius 1 is 1.10 bits per heavy atom. The van der Waals surface area contributed by atoms with Crippen LogP contribution < -0.4 is 15.8 Å². The summed E-state index contributed by atoms with van der Waals surface area (Å²) in [6.07, 6.45) is 0. The number of ketones is 1. The highest BCUT2D eigenvalue weighted by molar-refractivity contribution is 5.94. The van der Waals surface area contributed by atoms with E-state index >= 15 is 0 Å². The highest BCUT2D eigenvalue weighted by Gasteiger charge is 2.03. The minimum absolute atomic E-state index is 0.00745. The number of hydrogen-bond donors (Lipinski definition) is 2. The Kier molecular flexibility index (Phi) is 4.68. The summed E-state index contributed by atoms with van der Waals surface area (Å²) < 4.78 is 5.68. The predicted molar refractivity (Wildman–Crippen MR) is 80.6 cm³/mol. The average molecular weight is 284 g/mol. The lowest BCUT2D eigenvalue weighted by Gasteiger charge is -2.08. The van der Waals surface area contributed by atoms with Crippen LogP contribution in [0.15, 0.2) is 48.5 Å². The van der Waals surface area contributed by atoms with Gasteiger partial charge >= 0.3 is 0 Å². The van der Waals surface area contributed by atoms with Gasteiger partial charge in [0.25, 0.3) is 0 Å². The van der Waals surface area contributed by atoms with Gasteiger partial charge in [-0.15, -0.1) is 0 Å². The number of ether oxygens (including phenoxy) is 1. The van der Waals surface area contributed by atoms with Crippen LogP contribution in [0.1, 0.15) is 17.3 Å². The van der Waals surface area contributed by atoms with Gasteiger partial charge < -0.3 is 15.8 Å². The van der Waals surface area contributed by atoms with Crippen LogP contribution in [-0.4, -0.2) is 18.2 Å². The molecule has 0 aliphatic heterocycles. The van der Waals surface area contributed by atoms with Crippen LogP contribution in [0.5, 0.6) is 11.5 Å². The molecule has 0 fully saturated rings. The third-order valence-corrected chi connectivity index (χ3v) is 2.80. The van der Waals surface area contributed by atoms with E-state index in [-0.39, 0.29) is 18.2 Å². The monoisotopic (exact) mass is 284 g/mol. The molecule has 5 nitrogen and oxygen atoms in total. The number of amides is 1. The van der Waals surface area contributed by atoms with Gasteiger partial charge in [0.15, 0.2) is 5.78 Å². The van der Waals surface area contributed by atoms with Crippen molar-refractivity contribution in [2.75, 3.05) is 11.9 Å². The number of Topliss-reactive ketones (excluding diaryl/α,β-unsaturated/α-hetero) is 1. The second-order valence-electron chi connectivity index (χ2n) is 4.46. The first kappa shape index (κ1) is 14.7. The van der Waals surface area contributed by atoms with Gasteiger partial charge in [-0.1, -0.05) is 6.07 Å². The molecule has 0 saturated heterocycles. The molecule has 0 aliphatic carbocycles. The molecule has 0 atom stereocenters. The van der Waals surface area contributed by atoms with Crippen LogP contribution in [0.3, 0.4) is 0 Å². The molecule has 3 N–H and O–H groups in total. The first-order valence-electron chi connectivity index (χ1n) is 6.47. The van der Waals surface area contributed by atoms with Crippen molar-refractivity contribution in [3.63, 3.8) is 0 Å². The quantitative estimate of drug-likeness (QED) is 0.827. The Hall–Kier alpha value is -2.66. The maximum atomic E-state index is 11.2. The number of carbonyl (C=O) groups is 2. The molecular formula is C16H16N2O3. The largest absolute Gasteiger partial charge is 0.457 e. The summed E-state index contributed by atoms with van der Waals surface area (Å²) in [5.41, 5.74) is 6.49. The molecule has 0 radical (unpaired) electrons. The van der Waals surface area contributed by atoms with Crippen molar-refractivity contribution in [1.82, 2.24) is 0 Å². The van der Waals surface area contributed by atoms with Crippen LogP contribution in [-0.2, 0) is 4.79 Å². The molecule has 1 amide bonds. The van der Waals surface area contributed by atoms with Crippen molar-refractivity contribution in [3.05, 3.63) is 54.1 Å². The van der Waals surface area contributed by atoms with E-state index in [2.05, 4.69) is 5.32 Å². The van der Waals surface area contributed by atoms with Gasteiger partial charge in [-0.2, -0.15) is 0 Å². The molecule has 0 unspecified atom stereocenters. The van der Waals surface area contributed by atoms with E-state index in [1.165, 1.54) is 6.92 Å². The van der Waals surface area contributed by atoms with Crippen molar-refractivity contribution in [2.24, 2.45) is 5.73 Å². The fourth-order valence-electron chi connectivity index (χ4n) is 1.74. The maximum Gasteiger partial charge on any atom is 0.238 e. The summed E-state index contributed by atoms with van der Waals surface area (Å²) in [6, 6.07) is 13.9. The molecule has 0 spiro atoms. The van der Waals surface area contributed by atoms with Crippen LogP contribution in [0, 0.1) is 0 Å². The van der Waals surface area contributed by atoms with Crippen molar-refractivity contribution in [3.8, 4) is 11.5 Å². The Bertz CT molecular complexity index is 651. The third-order valence-electron chi connectivity index (χ3n) is 2.80. The Morgan fingerprint density at radius 3 is 2.43 bits per heavy atom. The highest BCUT2D eigenvalue weighted by atomic mass is 16.5. The summed E-state index contributed by atoms with van der Waals surface area (Å²) in [7, 11) is 0. The summed E-state index contributed by atoms with van der Waals surface area (Å²) in [6.45, 7) is 1.44. The van der Waals surface area contributed by atoms with Crippen molar-refractivity contribution in [2.45, 2.75) is 6.92 Å². The van der Waals surface area contributed by atoms with Crippen molar-refractivity contribution < 1.29 is 14.3 Å². The molecule has 0 bridgehead atoms. The summed E-state index contributed by atoms with van der Waals surface area (Å²) in [5.74, 6) is 0.939. The Balaban J connectivity index is 2.10. The molecule has 2 aromatic carbocycles. The lowest BCUT2D eigenvalue weighted by molar-refractivity contribution is -0.114. The zero-order valence-corrected chi connectivity index (χ0v) is 11.6. The standard InChI is InChI=1S/C16H16N2O3/c1-11(19)12-5-7-14(8-6-12)21-15-4-2-3-13(9-15)18-16(20)10-17/h2-9H,10,17H2,1H3,(H,18,20). The van der Waals surface area contributed by atoms with Gasteiger partial charge in [-0.25, -0.2) is 0 Å². The van der Waals surface area contributed by atoms with Crippen LogP contribution in [0.2, 0.25) is 0 Å². The molecule has 0 aromatic heterocycles. The fourth-order valence-corrected chi connectivity index (χ4v) is 1.74. The fraction of sp³-hybridized carbons (Fsp3) is 0.125. The Labute approximate surface area is 122 Å². The van der Waals surface area contributed by atoms with Gasteiger partial charge in [0.05, 0.1) is 6.54 Å². The smallest absolute Gasteiger partial charge is 0.238 e. The van der Waals surface area contributed by atoms with Crippen LogP contribution in [0.25, 0.3) is 0 Å². The first-order valence-corrected chi connectivity index (χ1v) is 6.47. The number of carbonyl (C=O) groups excluding carboxylic acids is 2. The minimum Gasteiger partial charge on any atom is -0.457 e. The molecule has 108 valence electrons. The van der Waals surface area contributed by atoms with E-state index in [0.29, 0.717) is 22.7 Å². The lowest BCUT2D eigenvalue weighted by atomic mass is 10.1. The van der Waals surface area contributed by atoms with Crippen molar-refractivity contribution in [1.29, 1.82) is 0 Å². The molecule has 5 heteroatoms. The molecule has 0 saturated carbocycles. The summed E-state index contributed by atoms with van der Waals surface area (Å²) in [4.78, 5) is 22.4. The predicted octanol–water partition coefficient (Wildman–Crippen LogP) is 2.58. The van der Waals surface area contributed by atoms with E-state index in [1.54, 1.807) is 48.5 Å². The van der Waals surface area contributed by atoms with E-state index < -0.39 is 0 Å². The van der Waals surface area contributed by atoms with E-state index in [4.69, 9.17) is 10.5 Å². The van der Waals surface area contributed by atoms with Gasteiger partial charge in [0.2, 0.25) is 5.91 Å². The SMILES string of the molecule is CC(=O)c1ccc(Oc2cccc(NC(=O)CN)c2)cc1. The van der Waals surface area contributed by atoms with E-state index in [0.717, 1.165) is 0 Å². The lowest BCUT2D eigenvalue weighted by Crippen LogP contribution is -2.21. The third kappa shape index (κ3) is 4.15. The van der Waals surface area contributed by atoms with Gasteiger partial charge in [0, 0.05) is 17.3 Å². The number of benzene rings is 2. The van der Waals surface area contributed by atoms with Crippen LogP contribution in [0.4, 0.5) is 5.69 Å². The summed E-state index contributed by atoms with van der Waals surface area (Å²) in [5, 5.41) is 2.65. The zero-order valence-electron chi connectivity index (χ0n) is 11.6. The normalized spacial score (nSPS) is 10.0. The second-order valence-corrected chi connectivity index (χ2v) is 4.46. The second kappa shape index (κ2) is 6.67. The van der Waals surface area contributed by atoms with Gasteiger partial charge in [0.1, 0.15) is 11.5 Å². The molecular weight excluding hydrogens is 268 g/mol. The zero-order chi connectivity index (χ0) is 15.2. The van der Waals surface area contributed by atoms with Crippen LogP contribution >= 0.6 is 0 Å². The number of nitrogens with one attached hydrogen (secondary N) is 1. The topological polar surface area (TPSA) is 81.4 Å². The minimum atomic E-state index is -0.266. The Morgan fingerprint density at radius 2 is 1.81 bits per heavy atom. The van der Waals surface area contributed by atoms with Crippen molar-refractivity contribution >= 4 is 17.4 Å². The van der Waals surface area contributed by atoms with E-state index in [9.17, 15) is 9.59 Å². The maximum absolute atomic E-state index is 11.2. The molecule has 21 heavy (non-hydrogen) atoms. The van der Waals surface area contributed by atoms with E-state index in [1.807, 2.05) is 0 Å². The molecule has 2 rings (SSSR count). The summed E-state index contributed by atoms with van der Waals surface area (Å²) >= 11 is 0. The first-order chi connectivity index (χ1) is 10.1. The molecule has 2 aromatic rings. The van der Waals surface area contributed by atoms with Gasteiger partial charge in [-0.05, 0) is 43.3 Å². The molecule has 0 heterocycles. The highest BCUT2D eigenvalue weighted by Crippen LogP contribution is 2.24. The molecule has 0 aliphatic rings. The average Bonchev–Trinajstić information content (AvgIpc) is 2.48. The number of anilines is 1. The number of nitrogens with two attached hydrogens (primary N) is 1.